The van der Waals surface area contributed by atoms with Crippen LogP contribution in [0.25, 0.3) is 0 Å². The lowest BCUT2D eigenvalue weighted by atomic mass is 10.1. The van der Waals surface area contributed by atoms with Crippen molar-refractivity contribution in [1.29, 1.82) is 0 Å². The van der Waals surface area contributed by atoms with Gasteiger partial charge in [0.05, 0.1) is 12.7 Å². The zero-order valence-corrected chi connectivity index (χ0v) is 8.49. The summed E-state index contributed by atoms with van der Waals surface area (Å²) in [5.41, 5.74) is 7.36. The fraction of sp³-hybridized carbons (Fsp3) is 0.364. The molecular formula is C11H15NO2. The molecule has 3 heteroatoms. The molecule has 0 fully saturated rings. The van der Waals surface area contributed by atoms with E-state index in [0.29, 0.717) is 5.56 Å². The summed E-state index contributed by atoms with van der Waals surface area (Å²) in [5, 5.41) is 0. The number of esters is 1. The Labute approximate surface area is 83.9 Å². The third kappa shape index (κ3) is 2.85. The normalized spacial score (nSPS) is 12.2. The van der Waals surface area contributed by atoms with Crippen LogP contribution in [0.5, 0.6) is 0 Å². The lowest BCUT2D eigenvalue weighted by Gasteiger charge is -2.05. The van der Waals surface area contributed by atoms with Gasteiger partial charge in [0.25, 0.3) is 0 Å². The lowest BCUT2D eigenvalue weighted by molar-refractivity contribution is 0.0601. The molecule has 0 aromatic heterocycles. The van der Waals surface area contributed by atoms with Gasteiger partial charge in [-0.25, -0.2) is 4.79 Å². The standard InChI is InChI=1S/C11H15NO2/c1-8(12)7-9-3-5-10(6-4-9)11(13)14-2/h3-6,8H,7,12H2,1-2H3/t8-/m1/s1. The summed E-state index contributed by atoms with van der Waals surface area (Å²) in [4.78, 5) is 11.1. The van der Waals surface area contributed by atoms with Gasteiger partial charge >= 0.3 is 5.97 Å². The Hall–Kier alpha value is -1.35. The second-order valence-corrected chi connectivity index (χ2v) is 3.37. The zero-order valence-electron chi connectivity index (χ0n) is 8.49. The molecule has 14 heavy (non-hydrogen) atoms. The van der Waals surface area contributed by atoms with Gasteiger partial charge in [0.1, 0.15) is 0 Å². The van der Waals surface area contributed by atoms with Gasteiger partial charge in [-0.3, -0.25) is 0 Å². The summed E-state index contributed by atoms with van der Waals surface area (Å²) in [6.07, 6.45) is 0.821. The van der Waals surface area contributed by atoms with Gasteiger partial charge in [0.15, 0.2) is 0 Å². The molecule has 1 aromatic rings. The van der Waals surface area contributed by atoms with Crippen molar-refractivity contribution in [3.63, 3.8) is 0 Å². The Morgan fingerprint density at radius 3 is 2.43 bits per heavy atom. The fourth-order valence-electron chi connectivity index (χ4n) is 1.27. The summed E-state index contributed by atoms with van der Waals surface area (Å²) in [7, 11) is 1.37. The quantitative estimate of drug-likeness (QED) is 0.737. The van der Waals surface area contributed by atoms with Gasteiger partial charge in [0, 0.05) is 6.04 Å². The number of ether oxygens (including phenoxy) is 1. The second kappa shape index (κ2) is 4.77. The van der Waals surface area contributed by atoms with E-state index >= 15 is 0 Å². The maximum atomic E-state index is 11.1. The molecule has 2 N–H and O–H groups in total. The average molecular weight is 193 g/mol. The minimum Gasteiger partial charge on any atom is -0.465 e. The van der Waals surface area contributed by atoms with Crippen LogP contribution in [0.1, 0.15) is 22.8 Å². The van der Waals surface area contributed by atoms with E-state index in [9.17, 15) is 4.79 Å². The largest absolute Gasteiger partial charge is 0.465 e. The van der Waals surface area contributed by atoms with E-state index in [2.05, 4.69) is 4.74 Å². The van der Waals surface area contributed by atoms with Crippen LogP contribution in [-0.2, 0) is 11.2 Å². The van der Waals surface area contributed by atoms with Gasteiger partial charge < -0.3 is 10.5 Å². The molecule has 0 saturated heterocycles. The molecule has 0 aliphatic carbocycles. The Balaban J connectivity index is 2.73. The maximum absolute atomic E-state index is 11.1. The number of carbonyl (C=O) groups excluding carboxylic acids is 1. The van der Waals surface area contributed by atoms with Crippen molar-refractivity contribution in [1.82, 2.24) is 0 Å². The van der Waals surface area contributed by atoms with Crippen LogP contribution in [0.2, 0.25) is 0 Å². The highest BCUT2D eigenvalue weighted by Crippen LogP contribution is 2.07. The maximum Gasteiger partial charge on any atom is 0.337 e. The Morgan fingerprint density at radius 1 is 1.43 bits per heavy atom. The molecular weight excluding hydrogens is 178 g/mol. The number of nitrogens with two attached hydrogens (primary N) is 1. The first-order valence-electron chi connectivity index (χ1n) is 4.56. The minimum absolute atomic E-state index is 0.138. The zero-order chi connectivity index (χ0) is 10.6. The molecule has 0 aliphatic heterocycles. The third-order valence-corrected chi connectivity index (χ3v) is 1.93. The van der Waals surface area contributed by atoms with E-state index in [-0.39, 0.29) is 12.0 Å². The fourth-order valence-corrected chi connectivity index (χ4v) is 1.27. The molecule has 0 unspecified atom stereocenters. The predicted molar refractivity (Wildman–Crippen MR) is 55.1 cm³/mol. The predicted octanol–water partition coefficient (Wildman–Crippen LogP) is 1.36. The number of hydrogen-bond acceptors (Lipinski definition) is 3. The van der Waals surface area contributed by atoms with Crippen molar-refractivity contribution in [2.45, 2.75) is 19.4 Å². The van der Waals surface area contributed by atoms with Crippen molar-refractivity contribution in [2.75, 3.05) is 7.11 Å². The molecule has 1 aromatic carbocycles. The topological polar surface area (TPSA) is 52.3 Å². The van der Waals surface area contributed by atoms with Gasteiger partial charge in [-0.1, -0.05) is 12.1 Å². The van der Waals surface area contributed by atoms with Crippen LogP contribution in [0.4, 0.5) is 0 Å². The van der Waals surface area contributed by atoms with E-state index in [4.69, 9.17) is 5.73 Å². The molecule has 0 radical (unpaired) electrons. The highest BCUT2D eigenvalue weighted by Gasteiger charge is 2.04. The minimum atomic E-state index is -0.308. The van der Waals surface area contributed by atoms with Gasteiger partial charge in [0.2, 0.25) is 0 Å². The Kier molecular flexibility index (Phi) is 3.65. The summed E-state index contributed by atoms with van der Waals surface area (Å²) in [6.45, 7) is 1.95. The number of rotatable bonds is 3. The smallest absolute Gasteiger partial charge is 0.337 e. The van der Waals surface area contributed by atoms with Crippen molar-refractivity contribution in [2.24, 2.45) is 5.73 Å². The van der Waals surface area contributed by atoms with E-state index in [1.165, 1.54) is 7.11 Å². The van der Waals surface area contributed by atoms with Crippen molar-refractivity contribution in [3.8, 4) is 0 Å². The molecule has 1 atom stereocenters. The van der Waals surface area contributed by atoms with E-state index in [1.54, 1.807) is 12.1 Å². The Morgan fingerprint density at radius 2 is 2.00 bits per heavy atom. The third-order valence-electron chi connectivity index (χ3n) is 1.93. The van der Waals surface area contributed by atoms with E-state index < -0.39 is 0 Å². The van der Waals surface area contributed by atoms with Crippen LogP contribution in [0, 0.1) is 0 Å². The van der Waals surface area contributed by atoms with E-state index in [1.807, 2.05) is 19.1 Å². The van der Waals surface area contributed by atoms with Crippen molar-refractivity contribution in [3.05, 3.63) is 35.4 Å². The second-order valence-electron chi connectivity index (χ2n) is 3.37. The molecule has 0 heterocycles. The monoisotopic (exact) mass is 193 g/mol. The lowest BCUT2D eigenvalue weighted by Crippen LogP contribution is -2.17. The first kappa shape index (κ1) is 10.7. The molecule has 0 aliphatic rings. The highest BCUT2D eigenvalue weighted by atomic mass is 16.5. The molecule has 0 amide bonds. The van der Waals surface area contributed by atoms with Crippen molar-refractivity contribution >= 4 is 5.97 Å². The summed E-state index contributed by atoms with van der Waals surface area (Å²) < 4.78 is 4.59. The Bertz CT molecular complexity index is 304. The first-order chi connectivity index (χ1) is 6.63. The average Bonchev–Trinajstić information content (AvgIpc) is 2.17. The van der Waals surface area contributed by atoms with Gasteiger partial charge in [-0.15, -0.1) is 0 Å². The number of methoxy groups -OCH3 is 1. The van der Waals surface area contributed by atoms with Gasteiger partial charge in [-0.2, -0.15) is 0 Å². The van der Waals surface area contributed by atoms with Crippen LogP contribution < -0.4 is 5.73 Å². The van der Waals surface area contributed by atoms with Crippen molar-refractivity contribution < 1.29 is 9.53 Å². The molecule has 0 spiro atoms. The van der Waals surface area contributed by atoms with Crippen LogP contribution in [0.15, 0.2) is 24.3 Å². The molecule has 1 rings (SSSR count). The van der Waals surface area contributed by atoms with E-state index in [0.717, 1.165) is 12.0 Å². The molecule has 0 bridgehead atoms. The van der Waals surface area contributed by atoms with Gasteiger partial charge in [-0.05, 0) is 31.0 Å². The van der Waals surface area contributed by atoms with Crippen LogP contribution in [-0.4, -0.2) is 19.1 Å². The van der Waals surface area contributed by atoms with Crippen LogP contribution in [0.3, 0.4) is 0 Å². The summed E-state index contributed by atoms with van der Waals surface area (Å²) in [6, 6.07) is 7.44. The number of carbonyl (C=O) groups is 1. The first-order valence-corrected chi connectivity index (χ1v) is 4.56. The summed E-state index contributed by atoms with van der Waals surface area (Å²) >= 11 is 0. The highest BCUT2D eigenvalue weighted by molar-refractivity contribution is 5.89. The number of benzene rings is 1. The number of hydrogen-bond donors (Lipinski definition) is 1. The molecule has 3 nitrogen and oxygen atoms in total. The SMILES string of the molecule is COC(=O)c1ccc(C[C@@H](C)N)cc1. The summed E-state index contributed by atoms with van der Waals surface area (Å²) in [5.74, 6) is -0.308. The molecule has 0 saturated carbocycles. The molecule has 76 valence electrons. The van der Waals surface area contributed by atoms with Crippen LogP contribution >= 0.6 is 0 Å².